The Balaban J connectivity index is 2.62. The van der Waals surface area contributed by atoms with E-state index >= 15 is 0 Å². The predicted octanol–water partition coefficient (Wildman–Crippen LogP) is 2.48. The van der Waals surface area contributed by atoms with Crippen molar-refractivity contribution >= 4 is 29.1 Å². The lowest BCUT2D eigenvalue weighted by atomic mass is 10.2. The molecule has 5 heteroatoms. The fraction of sp³-hybridized carbons (Fsp3) is 0.300. The van der Waals surface area contributed by atoms with Crippen LogP contribution in [-0.2, 0) is 11.3 Å². The summed E-state index contributed by atoms with van der Waals surface area (Å²) in [4.78, 5) is 10.9. The maximum absolute atomic E-state index is 10.9. The van der Waals surface area contributed by atoms with Gasteiger partial charge >= 0.3 is 0 Å². The lowest BCUT2D eigenvalue weighted by Gasteiger charge is -2.16. The van der Waals surface area contributed by atoms with E-state index in [-0.39, 0.29) is 5.91 Å². The van der Waals surface area contributed by atoms with Crippen molar-refractivity contribution in [3.8, 4) is 0 Å². The van der Waals surface area contributed by atoms with Crippen LogP contribution in [0.15, 0.2) is 18.2 Å². The molecule has 15 heavy (non-hydrogen) atoms. The molecule has 82 valence electrons. The second-order valence-electron chi connectivity index (χ2n) is 3.15. The van der Waals surface area contributed by atoms with Crippen molar-refractivity contribution < 1.29 is 4.79 Å². The van der Waals surface area contributed by atoms with Gasteiger partial charge in [-0.05, 0) is 17.7 Å². The molecule has 0 atom stereocenters. The van der Waals surface area contributed by atoms with Crippen LogP contribution in [0.4, 0.5) is 0 Å². The van der Waals surface area contributed by atoms with Gasteiger partial charge in [0, 0.05) is 30.6 Å². The quantitative estimate of drug-likeness (QED) is 0.832. The molecule has 0 bridgehead atoms. The summed E-state index contributed by atoms with van der Waals surface area (Å²) < 4.78 is 0. The molecule has 0 spiro atoms. The number of hydrogen-bond donors (Lipinski definition) is 1. The predicted molar refractivity (Wildman–Crippen MR) is 61.7 cm³/mol. The van der Waals surface area contributed by atoms with E-state index in [0.29, 0.717) is 16.6 Å². The molecule has 1 N–H and O–H groups in total. The van der Waals surface area contributed by atoms with Gasteiger partial charge in [-0.1, -0.05) is 29.3 Å². The number of carbonyl (C=O) groups is 1. The molecule has 0 radical (unpaired) electrons. The second-order valence-corrected chi connectivity index (χ2v) is 3.99. The smallest absolute Gasteiger partial charge is 0.233 e. The molecule has 0 saturated heterocycles. The summed E-state index contributed by atoms with van der Waals surface area (Å²) in [5, 5.41) is 2.60. The number of nitrogens with one attached hydrogen (secondary N) is 1. The van der Waals surface area contributed by atoms with E-state index in [9.17, 15) is 4.79 Å². The lowest BCUT2D eigenvalue weighted by Crippen LogP contribution is -2.37. The topological polar surface area (TPSA) is 32.3 Å². The fourth-order valence-electron chi connectivity index (χ4n) is 0.980. The van der Waals surface area contributed by atoms with Crippen molar-refractivity contribution in [3.05, 3.63) is 33.8 Å². The molecule has 0 aliphatic heterocycles. The van der Waals surface area contributed by atoms with Gasteiger partial charge in [-0.25, -0.2) is 5.43 Å². The van der Waals surface area contributed by atoms with Crippen molar-refractivity contribution in [1.82, 2.24) is 10.4 Å². The molecule has 0 saturated carbocycles. The highest BCUT2D eigenvalue weighted by atomic mass is 35.5. The number of hydrogen-bond acceptors (Lipinski definition) is 2. The third kappa shape index (κ3) is 3.70. The van der Waals surface area contributed by atoms with Crippen LogP contribution in [0.3, 0.4) is 0 Å². The van der Waals surface area contributed by atoms with Crippen molar-refractivity contribution in [1.29, 1.82) is 0 Å². The Morgan fingerprint density at radius 3 is 2.67 bits per heavy atom. The van der Waals surface area contributed by atoms with E-state index in [1.54, 1.807) is 19.2 Å². The first kappa shape index (κ1) is 12.3. The zero-order valence-corrected chi connectivity index (χ0v) is 10.1. The van der Waals surface area contributed by atoms with E-state index in [2.05, 4.69) is 5.43 Å². The third-order valence-electron chi connectivity index (χ3n) is 1.99. The molecular weight excluding hydrogens is 235 g/mol. The minimum Gasteiger partial charge on any atom is -0.281 e. The Hall–Kier alpha value is -0.770. The van der Waals surface area contributed by atoms with E-state index in [0.717, 1.165) is 5.56 Å². The number of carbonyl (C=O) groups excluding carboxylic acids is 1. The first-order chi connectivity index (χ1) is 7.00. The number of hydrazine groups is 1. The van der Waals surface area contributed by atoms with Gasteiger partial charge in [0.15, 0.2) is 0 Å². The molecule has 1 rings (SSSR count). The number of nitrogens with zero attached hydrogens (tertiary/aromatic N) is 1. The van der Waals surface area contributed by atoms with E-state index in [4.69, 9.17) is 23.2 Å². The Labute approximate surface area is 98.9 Å². The normalized spacial score (nSPS) is 10.1. The molecule has 0 aliphatic carbocycles. The number of amides is 1. The molecule has 3 nitrogen and oxygen atoms in total. The van der Waals surface area contributed by atoms with Crippen molar-refractivity contribution in [2.75, 3.05) is 7.05 Å². The van der Waals surface area contributed by atoms with Crippen LogP contribution >= 0.6 is 23.2 Å². The van der Waals surface area contributed by atoms with Gasteiger partial charge in [0.05, 0.1) is 0 Å². The van der Waals surface area contributed by atoms with Gasteiger partial charge in [0.1, 0.15) is 0 Å². The zero-order chi connectivity index (χ0) is 11.4. The second kappa shape index (κ2) is 5.35. The number of rotatable bonds is 3. The Bertz CT molecular complexity index is 368. The first-order valence-electron chi connectivity index (χ1n) is 4.42. The lowest BCUT2D eigenvalue weighted by molar-refractivity contribution is -0.130. The highest BCUT2D eigenvalue weighted by Gasteiger charge is 2.04. The fourth-order valence-corrected chi connectivity index (χ4v) is 1.46. The SMILES string of the molecule is CC(=O)N(C)NCc1ccc(Cl)cc1Cl. The number of halogens is 2. The van der Waals surface area contributed by atoms with Crippen LogP contribution < -0.4 is 5.43 Å². The van der Waals surface area contributed by atoms with E-state index < -0.39 is 0 Å². The van der Waals surface area contributed by atoms with Crippen molar-refractivity contribution in [2.24, 2.45) is 0 Å². The van der Waals surface area contributed by atoms with Crippen LogP contribution in [0, 0.1) is 0 Å². The zero-order valence-electron chi connectivity index (χ0n) is 8.55. The molecule has 0 unspecified atom stereocenters. The summed E-state index contributed by atoms with van der Waals surface area (Å²) in [5.74, 6) is -0.0555. The maximum atomic E-state index is 10.9. The minimum absolute atomic E-state index is 0.0555. The first-order valence-corrected chi connectivity index (χ1v) is 5.18. The minimum atomic E-state index is -0.0555. The molecule has 0 aromatic heterocycles. The van der Waals surface area contributed by atoms with Gasteiger partial charge in [0.2, 0.25) is 5.91 Å². The van der Waals surface area contributed by atoms with Gasteiger partial charge in [0.25, 0.3) is 0 Å². The average molecular weight is 247 g/mol. The summed E-state index contributed by atoms with van der Waals surface area (Å²) in [6, 6.07) is 5.26. The van der Waals surface area contributed by atoms with Crippen molar-refractivity contribution in [2.45, 2.75) is 13.5 Å². The summed E-state index contributed by atoms with van der Waals surface area (Å²) >= 11 is 11.7. The van der Waals surface area contributed by atoms with Crippen LogP contribution in [0.25, 0.3) is 0 Å². The monoisotopic (exact) mass is 246 g/mol. The van der Waals surface area contributed by atoms with Crippen LogP contribution in [-0.4, -0.2) is 18.0 Å². The van der Waals surface area contributed by atoms with E-state index in [1.165, 1.54) is 11.9 Å². The van der Waals surface area contributed by atoms with Gasteiger partial charge < -0.3 is 0 Å². The van der Waals surface area contributed by atoms with Gasteiger partial charge in [-0.15, -0.1) is 0 Å². The molecular formula is C10H12Cl2N2O. The van der Waals surface area contributed by atoms with E-state index in [1.807, 2.05) is 6.07 Å². The highest BCUT2D eigenvalue weighted by Crippen LogP contribution is 2.20. The summed E-state index contributed by atoms with van der Waals surface area (Å²) in [7, 11) is 1.66. The Morgan fingerprint density at radius 2 is 2.13 bits per heavy atom. The highest BCUT2D eigenvalue weighted by molar-refractivity contribution is 6.35. The Kier molecular flexibility index (Phi) is 4.39. The molecule has 0 heterocycles. The van der Waals surface area contributed by atoms with Gasteiger partial charge in [-0.2, -0.15) is 0 Å². The molecule has 1 amide bonds. The standard InChI is InChI=1S/C10H12Cl2N2O/c1-7(15)14(2)13-6-8-3-4-9(11)5-10(8)12/h3-5,13H,6H2,1-2H3. The van der Waals surface area contributed by atoms with Gasteiger partial charge in [-0.3, -0.25) is 9.80 Å². The summed E-state index contributed by atoms with van der Waals surface area (Å²) in [5.41, 5.74) is 3.81. The summed E-state index contributed by atoms with van der Waals surface area (Å²) in [6.07, 6.45) is 0. The van der Waals surface area contributed by atoms with Crippen molar-refractivity contribution in [3.63, 3.8) is 0 Å². The third-order valence-corrected chi connectivity index (χ3v) is 2.58. The van der Waals surface area contributed by atoms with Crippen LogP contribution in [0.1, 0.15) is 12.5 Å². The van der Waals surface area contributed by atoms with Crippen LogP contribution in [0.5, 0.6) is 0 Å². The number of benzene rings is 1. The molecule has 1 aromatic rings. The Morgan fingerprint density at radius 1 is 1.47 bits per heavy atom. The molecule has 0 fully saturated rings. The summed E-state index contributed by atoms with van der Waals surface area (Å²) in [6.45, 7) is 1.97. The largest absolute Gasteiger partial charge is 0.281 e. The maximum Gasteiger partial charge on any atom is 0.233 e. The van der Waals surface area contributed by atoms with Crippen LogP contribution in [0.2, 0.25) is 10.0 Å². The molecule has 0 aliphatic rings. The average Bonchev–Trinajstić information content (AvgIpc) is 2.15. The molecule has 1 aromatic carbocycles.